The van der Waals surface area contributed by atoms with Gasteiger partial charge >= 0.3 is 0 Å². The molecule has 0 aliphatic carbocycles. The van der Waals surface area contributed by atoms with Gasteiger partial charge in [-0.25, -0.2) is 0 Å². The number of rotatable bonds is 6. The van der Waals surface area contributed by atoms with Crippen molar-refractivity contribution in [2.45, 2.75) is 19.8 Å². The molecule has 0 heterocycles. The molecule has 1 rings (SSSR count). The maximum atomic E-state index is 10.7. The zero-order chi connectivity index (χ0) is 11.1. The molecule has 0 amide bonds. The Morgan fingerprint density at radius 2 is 2.20 bits per heavy atom. The Hall–Kier alpha value is -0.670. The molecule has 0 radical (unpaired) electrons. The van der Waals surface area contributed by atoms with E-state index in [-0.39, 0.29) is 5.78 Å². The SMILES string of the molecule is CC(=O)CCNCCc1cccc(Br)c1. The first-order chi connectivity index (χ1) is 7.18. The molecule has 1 aromatic carbocycles. The Bertz CT molecular complexity index is 325. The van der Waals surface area contributed by atoms with Gasteiger partial charge in [0.2, 0.25) is 0 Å². The van der Waals surface area contributed by atoms with E-state index in [2.05, 4.69) is 33.4 Å². The van der Waals surface area contributed by atoms with E-state index in [4.69, 9.17) is 0 Å². The van der Waals surface area contributed by atoms with Gasteiger partial charge in [-0.2, -0.15) is 0 Å². The average molecular weight is 270 g/mol. The van der Waals surface area contributed by atoms with Crippen LogP contribution in [0.15, 0.2) is 28.7 Å². The normalized spacial score (nSPS) is 10.3. The van der Waals surface area contributed by atoms with Gasteiger partial charge < -0.3 is 5.32 Å². The molecule has 0 spiro atoms. The van der Waals surface area contributed by atoms with E-state index in [9.17, 15) is 4.79 Å². The summed E-state index contributed by atoms with van der Waals surface area (Å²) in [6, 6.07) is 8.28. The molecule has 0 bridgehead atoms. The van der Waals surface area contributed by atoms with E-state index in [1.807, 2.05) is 12.1 Å². The predicted molar refractivity (Wildman–Crippen MR) is 66.0 cm³/mol. The van der Waals surface area contributed by atoms with Crippen molar-refractivity contribution in [1.82, 2.24) is 5.32 Å². The van der Waals surface area contributed by atoms with Crippen LogP contribution < -0.4 is 5.32 Å². The second kappa shape index (κ2) is 6.75. The van der Waals surface area contributed by atoms with Gasteiger partial charge in [0, 0.05) is 17.4 Å². The largest absolute Gasteiger partial charge is 0.316 e. The fourth-order valence-electron chi connectivity index (χ4n) is 1.31. The highest BCUT2D eigenvalue weighted by atomic mass is 79.9. The van der Waals surface area contributed by atoms with Crippen LogP contribution in [0.4, 0.5) is 0 Å². The summed E-state index contributed by atoms with van der Waals surface area (Å²) in [6.45, 7) is 3.32. The Morgan fingerprint density at radius 3 is 2.87 bits per heavy atom. The van der Waals surface area contributed by atoms with E-state index >= 15 is 0 Å². The number of carbonyl (C=O) groups is 1. The van der Waals surface area contributed by atoms with Gasteiger partial charge in [0.05, 0.1) is 0 Å². The van der Waals surface area contributed by atoms with E-state index in [1.165, 1.54) is 5.56 Å². The van der Waals surface area contributed by atoms with Crippen LogP contribution >= 0.6 is 15.9 Å². The molecule has 2 nitrogen and oxygen atoms in total. The van der Waals surface area contributed by atoms with Crippen LogP contribution in [0.5, 0.6) is 0 Å². The molecule has 0 aliphatic rings. The lowest BCUT2D eigenvalue weighted by atomic mass is 10.1. The molecule has 3 heteroatoms. The van der Waals surface area contributed by atoms with Crippen LogP contribution in [-0.4, -0.2) is 18.9 Å². The minimum absolute atomic E-state index is 0.241. The zero-order valence-corrected chi connectivity index (χ0v) is 10.5. The predicted octanol–water partition coefficient (Wildman–Crippen LogP) is 2.56. The third kappa shape index (κ3) is 5.70. The first kappa shape index (κ1) is 12.4. The molecule has 1 N–H and O–H groups in total. The molecule has 82 valence electrons. The Kier molecular flexibility index (Phi) is 5.58. The minimum Gasteiger partial charge on any atom is -0.316 e. The monoisotopic (exact) mass is 269 g/mol. The number of ketones is 1. The minimum atomic E-state index is 0.241. The molecule has 0 atom stereocenters. The van der Waals surface area contributed by atoms with Crippen molar-refractivity contribution in [2.75, 3.05) is 13.1 Å². The number of benzene rings is 1. The summed E-state index contributed by atoms with van der Waals surface area (Å²) in [7, 11) is 0. The summed E-state index contributed by atoms with van der Waals surface area (Å²) in [5, 5.41) is 3.25. The van der Waals surface area contributed by atoms with Crippen LogP contribution in [-0.2, 0) is 11.2 Å². The van der Waals surface area contributed by atoms with Gasteiger partial charge in [0.1, 0.15) is 5.78 Å². The molecule has 0 aromatic heterocycles. The summed E-state index contributed by atoms with van der Waals surface area (Å²) in [6.07, 6.45) is 1.62. The van der Waals surface area contributed by atoms with E-state index < -0.39 is 0 Å². The van der Waals surface area contributed by atoms with Gasteiger partial charge in [-0.1, -0.05) is 28.1 Å². The van der Waals surface area contributed by atoms with Crippen molar-refractivity contribution in [1.29, 1.82) is 0 Å². The molecular weight excluding hydrogens is 254 g/mol. The molecule has 1 aromatic rings. The summed E-state index contributed by atoms with van der Waals surface area (Å²) in [5.41, 5.74) is 1.31. The van der Waals surface area contributed by atoms with E-state index in [0.717, 1.165) is 24.0 Å². The maximum absolute atomic E-state index is 10.7. The fraction of sp³-hybridized carbons (Fsp3) is 0.417. The van der Waals surface area contributed by atoms with Crippen molar-refractivity contribution >= 4 is 21.7 Å². The quantitative estimate of drug-likeness (QED) is 0.805. The highest BCUT2D eigenvalue weighted by molar-refractivity contribution is 9.10. The van der Waals surface area contributed by atoms with Gasteiger partial charge in [-0.15, -0.1) is 0 Å². The third-order valence-electron chi connectivity index (χ3n) is 2.13. The van der Waals surface area contributed by atoms with Crippen LogP contribution in [0.1, 0.15) is 18.9 Å². The smallest absolute Gasteiger partial charge is 0.131 e. The molecule has 0 aliphatic heterocycles. The van der Waals surface area contributed by atoms with Crippen LogP contribution in [0.3, 0.4) is 0 Å². The Balaban J connectivity index is 2.17. The van der Waals surface area contributed by atoms with Gasteiger partial charge in [0.25, 0.3) is 0 Å². The van der Waals surface area contributed by atoms with Crippen molar-refractivity contribution < 1.29 is 4.79 Å². The fourth-order valence-corrected chi connectivity index (χ4v) is 1.76. The second-order valence-corrected chi connectivity index (χ2v) is 4.50. The number of nitrogens with one attached hydrogen (secondary N) is 1. The first-order valence-corrected chi connectivity index (χ1v) is 5.92. The van der Waals surface area contributed by atoms with Crippen LogP contribution in [0, 0.1) is 0 Å². The summed E-state index contributed by atoms with van der Waals surface area (Å²) < 4.78 is 1.11. The Morgan fingerprint density at radius 1 is 1.40 bits per heavy atom. The molecule has 15 heavy (non-hydrogen) atoms. The standard InChI is InChI=1S/C12H16BrNO/c1-10(15)5-7-14-8-6-11-3-2-4-12(13)9-11/h2-4,9,14H,5-8H2,1H3. The van der Waals surface area contributed by atoms with Crippen molar-refractivity contribution in [3.8, 4) is 0 Å². The Labute approximate surface area is 99.2 Å². The maximum Gasteiger partial charge on any atom is 0.131 e. The summed E-state index contributed by atoms with van der Waals surface area (Å²) in [5.74, 6) is 0.241. The van der Waals surface area contributed by atoms with E-state index in [1.54, 1.807) is 6.92 Å². The lowest BCUT2D eigenvalue weighted by Gasteiger charge is -2.03. The molecular formula is C12H16BrNO. The topological polar surface area (TPSA) is 29.1 Å². The van der Waals surface area contributed by atoms with Crippen LogP contribution in [0.25, 0.3) is 0 Å². The van der Waals surface area contributed by atoms with Crippen molar-refractivity contribution in [2.24, 2.45) is 0 Å². The number of Topliss-reactive ketones (excluding diaryl/α,β-unsaturated/α-hetero) is 1. The number of hydrogen-bond donors (Lipinski definition) is 1. The van der Waals surface area contributed by atoms with Crippen molar-refractivity contribution in [3.63, 3.8) is 0 Å². The molecule has 0 saturated carbocycles. The zero-order valence-electron chi connectivity index (χ0n) is 8.92. The van der Waals surface area contributed by atoms with E-state index in [0.29, 0.717) is 6.42 Å². The first-order valence-electron chi connectivity index (χ1n) is 5.13. The average Bonchev–Trinajstić information content (AvgIpc) is 2.17. The number of carbonyl (C=O) groups excluding carboxylic acids is 1. The van der Waals surface area contributed by atoms with Gasteiger partial charge in [-0.05, 0) is 37.6 Å². The highest BCUT2D eigenvalue weighted by Crippen LogP contribution is 2.11. The second-order valence-electron chi connectivity index (χ2n) is 3.58. The summed E-state index contributed by atoms with van der Waals surface area (Å²) in [4.78, 5) is 10.7. The van der Waals surface area contributed by atoms with Gasteiger partial charge in [0.15, 0.2) is 0 Å². The lowest BCUT2D eigenvalue weighted by Crippen LogP contribution is -2.20. The van der Waals surface area contributed by atoms with Crippen LogP contribution in [0.2, 0.25) is 0 Å². The molecule has 0 unspecified atom stereocenters. The third-order valence-corrected chi connectivity index (χ3v) is 2.63. The molecule has 0 fully saturated rings. The number of hydrogen-bond acceptors (Lipinski definition) is 2. The summed E-state index contributed by atoms with van der Waals surface area (Å²) >= 11 is 3.44. The number of halogens is 1. The van der Waals surface area contributed by atoms with Gasteiger partial charge in [-0.3, -0.25) is 4.79 Å². The molecule has 0 saturated heterocycles. The lowest BCUT2D eigenvalue weighted by molar-refractivity contribution is -0.116. The highest BCUT2D eigenvalue weighted by Gasteiger charge is 1.95. The van der Waals surface area contributed by atoms with Crippen molar-refractivity contribution in [3.05, 3.63) is 34.3 Å².